The molecule has 0 spiro atoms. The minimum absolute atomic E-state index is 0.232. The number of rotatable bonds is 5. The van der Waals surface area contributed by atoms with Crippen LogP contribution in [-0.4, -0.2) is 23.1 Å². The molecule has 0 aliphatic rings. The summed E-state index contributed by atoms with van der Waals surface area (Å²) in [5.41, 5.74) is 0.664. The average Bonchev–Trinajstić information content (AvgIpc) is 2.89. The Balaban J connectivity index is 2.03. The maximum Gasteiger partial charge on any atom is 0.480 e. The Morgan fingerprint density at radius 3 is 2.53 bits per heavy atom. The molecule has 2 aromatic rings. The Morgan fingerprint density at radius 1 is 1.21 bits per heavy atom. The largest absolute Gasteiger partial charge is 0.480 e. The van der Waals surface area contributed by atoms with Gasteiger partial charge in [-0.15, -0.1) is 11.3 Å². The van der Waals surface area contributed by atoms with Gasteiger partial charge in [0.25, 0.3) is 0 Å². The highest BCUT2D eigenvalue weighted by Crippen LogP contribution is 2.15. The molecule has 0 radical (unpaired) electrons. The molecular weight excluding hydrogens is 261 g/mol. The number of hydrogen-bond donors (Lipinski definition) is 3. The zero-order chi connectivity index (χ0) is 13.7. The van der Waals surface area contributed by atoms with Crippen LogP contribution in [0.15, 0.2) is 47.8 Å². The first kappa shape index (κ1) is 13.8. The van der Waals surface area contributed by atoms with Crippen molar-refractivity contribution < 1.29 is 14.8 Å². The first-order chi connectivity index (χ1) is 9.16. The number of thiophene rings is 1. The monoisotopic (exact) mass is 275 g/mol. The molecule has 1 aromatic heterocycles. The summed E-state index contributed by atoms with van der Waals surface area (Å²) in [6.45, 7) is 0. The van der Waals surface area contributed by atoms with Gasteiger partial charge in [0.2, 0.25) is 5.91 Å². The Labute approximate surface area is 115 Å². The van der Waals surface area contributed by atoms with E-state index in [1.54, 1.807) is 24.3 Å². The second-order valence-corrected chi connectivity index (χ2v) is 5.16. The summed E-state index contributed by atoms with van der Waals surface area (Å²) >= 11 is 1.50. The van der Waals surface area contributed by atoms with Crippen molar-refractivity contribution in [2.45, 2.75) is 12.4 Å². The second kappa shape index (κ2) is 6.52. The van der Waals surface area contributed by atoms with E-state index in [-0.39, 0.29) is 12.3 Å². The summed E-state index contributed by atoms with van der Waals surface area (Å²) in [5, 5.41) is 23.3. The topological polar surface area (TPSA) is 69.6 Å². The summed E-state index contributed by atoms with van der Waals surface area (Å²) in [5.74, 6) is -1.04. The molecule has 0 unspecified atom stereocenters. The summed E-state index contributed by atoms with van der Waals surface area (Å²) in [7, 11) is -1.63. The van der Waals surface area contributed by atoms with Gasteiger partial charge in [0.15, 0.2) is 0 Å². The van der Waals surface area contributed by atoms with Crippen molar-refractivity contribution in [3.63, 3.8) is 0 Å². The highest BCUT2D eigenvalue weighted by Gasteiger charge is 2.26. The smallest absolute Gasteiger partial charge is 0.426 e. The molecule has 1 aromatic carbocycles. The van der Waals surface area contributed by atoms with E-state index < -0.39 is 13.1 Å². The van der Waals surface area contributed by atoms with Crippen molar-refractivity contribution in [2.75, 3.05) is 0 Å². The predicted molar refractivity (Wildman–Crippen MR) is 75.5 cm³/mol. The molecule has 0 fully saturated rings. The van der Waals surface area contributed by atoms with Crippen molar-refractivity contribution in [3.8, 4) is 0 Å². The molecule has 2 rings (SSSR count). The van der Waals surface area contributed by atoms with Gasteiger partial charge in [0.05, 0.1) is 12.4 Å². The number of benzene rings is 1. The molecule has 19 heavy (non-hydrogen) atoms. The van der Waals surface area contributed by atoms with E-state index in [9.17, 15) is 14.8 Å². The molecule has 1 amide bonds. The van der Waals surface area contributed by atoms with E-state index in [1.807, 2.05) is 23.6 Å². The lowest BCUT2D eigenvalue weighted by Gasteiger charge is -2.18. The zero-order valence-electron chi connectivity index (χ0n) is 10.2. The first-order valence-electron chi connectivity index (χ1n) is 5.89. The summed E-state index contributed by atoms with van der Waals surface area (Å²) < 4.78 is 0. The standard InChI is InChI=1S/C13H14BNO3S/c16-12(9-11-7-4-8-19-11)15-13(14(17)18)10-5-2-1-3-6-10/h1-8,13,17-18H,9H2,(H,15,16)/t13-/m1/s1. The fourth-order valence-electron chi connectivity index (χ4n) is 1.79. The van der Waals surface area contributed by atoms with Crippen LogP contribution in [0, 0.1) is 0 Å². The lowest BCUT2D eigenvalue weighted by Crippen LogP contribution is -2.39. The van der Waals surface area contributed by atoms with Gasteiger partial charge in [0.1, 0.15) is 0 Å². The Bertz CT molecular complexity index is 516. The van der Waals surface area contributed by atoms with E-state index >= 15 is 0 Å². The number of hydrogen-bond acceptors (Lipinski definition) is 4. The van der Waals surface area contributed by atoms with Crippen molar-refractivity contribution >= 4 is 24.4 Å². The van der Waals surface area contributed by atoms with Crippen molar-refractivity contribution in [1.82, 2.24) is 5.32 Å². The van der Waals surface area contributed by atoms with Crippen LogP contribution in [0.2, 0.25) is 0 Å². The third kappa shape index (κ3) is 3.92. The van der Waals surface area contributed by atoms with Crippen LogP contribution in [-0.2, 0) is 11.2 Å². The van der Waals surface area contributed by atoms with Gasteiger partial charge in [-0.2, -0.15) is 0 Å². The second-order valence-electron chi connectivity index (χ2n) is 4.13. The highest BCUT2D eigenvalue weighted by molar-refractivity contribution is 7.10. The van der Waals surface area contributed by atoms with Crippen LogP contribution in [0.3, 0.4) is 0 Å². The maximum absolute atomic E-state index is 11.9. The van der Waals surface area contributed by atoms with Crippen molar-refractivity contribution in [1.29, 1.82) is 0 Å². The predicted octanol–water partition coefficient (Wildman–Crippen LogP) is 1.16. The first-order valence-corrected chi connectivity index (χ1v) is 6.77. The van der Waals surface area contributed by atoms with Crippen LogP contribution < -0.4 is 5.32 Å². The van der Waals surface area contributed by atoms with Gasteiger partial charge in [-0.05, 0) is 17.0 Å². The molecule has 0 saturated carbocycles. The normalized spacial score (nSPS) is 11.9. The fraction of sp³-hybridized carbons (Fsp3) is 0.154. The van der Waals surface area contributed by atoms with Crippen LogP contribution in [0.1, 0.15) is 16.4 Å². The molecule has 3 N–H and O–H groups in total. The van der Waals surface area contributed by atoms with E-state index in [1.165, 1.54) is 11.3 Å². The minimum Gasteiger partial charge on any atom is -0.426 e. The SMILES string of the molecule is O=C(Cc1cccs1)N[C@@H](B(O)O)c1ccccc1. The van der Waals surface area contributed by atoms with E-state index in [0.717, 1.165) is 4.88 Å². The van der Waals surface area contributed by atoms with E-state index in [2.05, 4.69) is 5.32 Å². The minimum atomic E-state index is -1.63. The molecule has 0 aliphatic heterocycles. The Morgan fingerprint density at radius 2 is 1.95 bits per heavy atom. The van der Waals surface area contributed by atoms with Gasteiger partial charge in [0, 0.05) is 4.88 Å². The summed E-state index contributed by atoms with van der Waals surface area (Å²) in [6.07, 6.45) is 0.244. The molecule has 1 heterocycles. The van der Waals surface area contributed by atoms with Gasteiger partial charge in [-0.1, -0.05) is 36.4 Å². The average molecular weight is 275 g/mol. The lowest BCUT2D eigenvalue weighted by atomic mass is 9.75. The zero-order valence-corrected chi connectivity index (χ0v) is 11.0. The lowest BCUT2D eigenvalue weighted by molar-refractivity contribution is -0.120. The highest BCUT2D eigenvalue weighted by atomic mass is 32.1. The van der Waals surface area contributed by atoms with Crippen LogP contribution in [0.4, 0.5) is 0 Å². The molecule has 0 saturated heterocycles. The third-order valence-electron chi connectivity index (χ3n) is 2.69. The van der Waals surface area contributed by atoms with Crippen LogP contribution >= 0.6 is 11.3 Å². The van der Waals surface area contributed by atoms with Crippen molar-refractivity contribution in [2.24, 2.45) is 0 Å². The third-order valence-corrected chi connectivity index (χ3v) is 3.56. The molecule has 4 nitrogen and oxygen atoms in total. The number of carbonyl (C=O) groups excluding carboxylic acids is 1. The fourth-order valence-corrected chi connectivity index (χ4v) is 2.49. The van der Waals surface area contributed by atoms with Gasteiger partial charge in [-0.3, -0.25) is 4.79 Å². The molecule has 6 heteroatoms. The number of nitrogens with one attached hydrogen (secondary N) is 1. The number of carbonyl (C=O) groups is 1. The Kier molecular flexibility index (Phi) is 4.73. The van der Waals surface area contributed by atoms with Gasteiger partial charge in [-0.25, -0.2) is 0 Å². The molecule has 1 atom stereocenters. The van der Waals surface area contributed by atoms with Gasteiger partial charge < -0.3 is 15.4 Å². The van der Waals surface area contributed by atoms with Crippen LogP contribution in [0.5, 0.6) is 0 Å². The summed E-state index contributed by atoms with van der Waals surface area (Å²) in [6, 6.07) is 12.6. The van der Waals surface area contributed by atoms with Crippen molar-refractivity contribution in [3.05, 3.63) is 58.3 Å². The van der Waals surface area contributed by atoms with E-state index in [4.69, 9.17) is 0 Å². The summed E-state index contributed by atoms with van der Waals surface area (Å²) in [4.78, 5) is 12.8. The quantitative estimate of drug-likeness (QED) is 0.717. The van der Waals surface area contributed by atoms with Gasteiger partial charge >= 0.3 is 7.12 Å². The van der Waals surface area contributed by atoms with Crippen LogP contribution in [0.25, 0.3) is 0 Å². The number of amides is 1. The maximum atomic E-state index is 11.9. The molecular formula is C13H14BNO3S. The molecule has 98 valence electrons. The molecule has 0 aliphatic carbocycles. The van der Waals surface area contributed by atoms with E-state index in [0.29, 0.717) is 5.56 Å². The Hall–Kier alpha value is -1.63. The molecule has 0 bridgehead atoms.